The third-order valence-corrected chi connectivity index (χ3v) is 2.02. The van der Waals surface area contributed by atoms with Gasteiger partial charge < -0.3 is 11.5 Å². The Labute approximate surface area is 102 Å². The van der Waals surface area contributed by atoms with Crippen molar-refractivity contribution in [2.45, 2.75) is 0 Å². The number of hydrogen-bond acceptors (Lipinski definition) is 1. The summed E-state index contributed by atoms with van der Waals surface area (Å²) in [6.07, 6.45) is 0. The van der Waals surface area contributed by atoms with E-state index in [4.69, 9.17) is 46.3 Å². The third kappa shape index (κ3) is 3.42. The summed E-state index contributed by atoms with van der Waals surface area (Å²) in [5.41, 5.74) is 10.7. The smallest absolute Gasteiger partial charge is 0.191 e. The zero-order valence-electron chi connectivity index (χ0n) is 6.80. The summed E-state index contributed by atoms with van der Waals surface area (Å²) >= 11 is 17.3. The Bertz CT molecular complexity index is 337. The van der Waals surface area contributed by atoms with E-state index in [1.165, 1.54) is 12.1 Å². The van der Waals surface area contributed by atoms with E-state index in [0.29, 0.717) is 20.8 Å². The van der Waals surface area contributed by atoms with Gasteiger partial charge in [0.25, 0.3) is 0 Å². The van der Waals surface area contributed by atoms with Gasteiger partial charge in [-0.2, -0.15) is 0 Å². The van der Waals surface area contributed by atoms with Crippen molar-refractivity contribution in [1.82, 2.24) is 0 Å². The van der Waals surface area contributed by atoms with Crippen molar-refractivity contribution in [3.05, 3.63) is 27.2 Å². The number of halogens is 4. The summed E-state index contributed by atoms with van der Waals surface area (Å²) in [6.45, 7) is 0. The monoisotopic (exact) mass is 273 g/mol. The molecule has 0 atom stereocenters. The molecule has 0 aromatic heterocycles. The summed E-state index contributed by atoms with van der Waals surface area (Å²) < 4.78 is 0. The van der Waals surface area contributed by atoms with Gasteiger partial charge in [0.1, 0.15) is 5.69 Å². The molecule has 1 aromatic rings. The first-order chi connectivity index (χ1) is 6.00. The molecule has 0 unspecified atom stereocenters. The first-order valence-corrected chi connectivity index (χ1v) is 4.38. The number of nitrogens with zero attached hydrogens (tertiary/aromatic N) is 1. The van der Waals surface area contributed by atoms with Crippen molar-refractivity contribution < 1.29 is 0 Å². The van der Waals surface area contributed by atoms with E-state index in [0.717, 1.165) is 0 Å². The largest absolute Gasteiger partial charge is 0.370 e. The third-order valence-electron chi connectivity index (χ3n) is 1.22. The normalized spacial score (nSPS) is 9.07. The molecule has 14 heavy (non-hydrogen) atoms. The topological polar surface area (TPSA) is 64.4 Å². The van der Waals surface area contributed by atoms with Crippen LogP contribution >= 0.6 is 47.2 Å². The number of aliphatic imine (C=N–C) groups is 1. The molecule has 0 bridgehead atoms. The van der Waals surface area contributed by atoms with Gasteiger partial charge in [0.2, 0.25) is 0 Å². The van der Waals surface area contributed by atoms with Gasteiger partial charge in [-0.3, -0.25) is 0 Å². The number of guanidine groups is 1. The molecule has 1 aromatic carbocycles. The molecule has 1 rings (SSSR count). The van der Waals surface area contributed by atoms with Crippen LogP contribution in [0.3, 0.4) is 0 Å². The summed E-state index contributed by atoms with van der Waals surface area (Å²) in [5, 5.41) is 1.06. The Balaban J connectivity index is 0.00000169. The second-order valence-corrected chi connectivity index (χ2v) is 3.51. The van der Waals surface area contributed by atoms with E-state index >= 15 is 0 Å². The van der Waals surface area contributed by atoms with E-state index in [9.17, 15) is 0 Å². The fraction of sp³-hybridized carbons (Fsp3) is 0. The first kappa shape index (κ1) is 13.7. The fourth-order valence-electron chi connectivity index (χ4n) is 0.770. The molecule has 0 aliphatic carbocycles. The van der Waals surface area contributed by atoms with Gasteiger partial charge in [-0.1, -0.05) is 34.8 Å². The van der Waals surface area contributed by atoms with Crippen LogP contribution in [0.15, 0.2) is 17.1 Å². The van der Waals surface area contributed by atoms with Gasteiger partial charge in [0, 0.05) is 5.02 Å². The second-order valence-electron chi connectivity index (χ2n) is 2.25. The van der Waals surface area contributed by atoms with Crippen LogP contribution in [0.25, 0.3) is 0 Å². The SMILES string of the molecule is Cl.NC(N)=Nc1c(Cl)cc(Cl)cc1Cl. The van der Waals surface area contributed by atoms with Crippen LogP contribution in [-0.4, -0.2) is 5.96 Å². The van der Waals surface area contributed by atoms with E-state index in [1.807, 2.05) is 0 Å². The summed E-state index contributed by atoms with van der Waals surface area (Å²) in [6, 6.07) is 3.02. The standard InChI is InChI=1S/C7H6Cl3N3.ClH/c8-3-1-4(9)6(5(10)2-3)13-7(11)12;/h1-2H,(H4,11,12,13);1H. The average Bonchev–Trinajstić information content (AvgIpc) is 1.96. The minimum absolute atomic E-state index is 0. The highest BCUT2D eigenvalue weighted by molar-refractivity contribution is 6.41. The van der Waals surface area contributed by atoms with Crippen LogP contribution in [-0.2, 0) is 0 Å². The fourth-order valence-corrected chi connectivity index (χ4v) is 1.67. The van der Waals surface area contributed by atoms with Crippen LogP contribution in [0.1, 0.15) is 0 Å². The molecule has 78 valence electrons. The maximum absolute atomic E-state index is 5.79. The van der Waals surface area contributed by atoms with E-state index < -0.39 is 0 Å². The van der Waals surface area contributed by atoms with Crippen LogP contribution in [0.2, 0.25) is 15.1 Å². The van der Waals surface area contributed by atoms with Gasteiger partial charge in [0.05, 0.1) is 10.0 Å². The second kappa shape index (κ2) is 5.51. The maximum atomic E-state index is 5.79. The molecule has 0 aliphatic heterocycles. The zero-order valence-corrected chi connectivity index (χ0v) is 9.88. The molecule has 0 saturated carbocycles. The lowest BCUT2D eigenvalue weighted by atomic mass is 10.3. The zero-order chi connectivity index (χ0) is 10.0. The van der Waals surface area contributed by atoms with Crippen molar-refractivity contribution >= 4 is 58.9 Å². The summed E-state index contributed by atoms with van der Waals surface area (Å²) in [7, 11) is 0. The van der Waals surface area contributed by atoms with Gasteiger partial charge in [-0.15, -0.1) is 12.4 Å². The Kier molecular flexibility index (Phi) is 5.37. The van der Waals surface area contributed by atoms with Crippen LogP contribution < -0.4 is 11.5 Å². The Morgan fingerprint density at radius 3 is 1.86 bits per heavy atom. The lowest BCUT2D eigenvalue weighted by molar-refractivity contribution is 1.42. The molecular weight excluding hydrogens is 268 g/mol. The molecule has 0 heterocycles. The van der Waals surface area contributed by atoms with Gasteiger partial charge >= 0.3 is 0 Å². The summed E-state index contributed by atoms with van der Waals surface area (Å²) in [5.74, 6) is -0.105. The number of benzene rings is 1. The average molecular weight is 275 g/mol. The Morgan fingerprint density at radius 1 is 1.07 bits per heavy atom. The Hall–Kier alpha value is -0.350. The number of nitrogens with two attached hydrogens (primary N) is 2. The molecule has 7 heteroatoms. The maximum Gasteiger partial charge on any atom is 0.191 e. The van der Waals surface area contributed by atoms with E-state index in [1.54, 1.807) is 0 Å². The molecule has 0 amide bonds. The molecule has 0 spiro atoms. The number of rotatable bonds is 1. The predicted molar refractivity (Wildman–Crippen MR) is 64.2 cm³/mol. The molecule has 3 nitrogen and oxygen atoms in total. The highest BCUT2D eigenvalue weighted by Gasteiger charge is 2.06. The van der Waals surface area contributed by atoms with Gasteiger partial charge in [-0.05, 0) is 12.1 Å². The molecular formula is C7H7Cl4N3. The molecule has 0 radical (unpaired) electrons. The Morgan fingerprint density at radius 2 is 1.50 bits per heavy atom. The van der Waals surface area contributed by atoms with Crippen LogP contribution in [0, 0.1) is 0 Å². The van der Waals surface area contributed by atoms with Gasteiger partial charge in [-0.25, -0.2) is 4.99 Å². The quantitative estimate of drug-likeness (QED) is 0.611. The first-order valence-electron chi connectivity index (χ1n) is 3.25. The number of hydrogen-bond donors (Lipinski definition) is 2. The van der Waals surface area contributed by atoms with Crippen molar-refractivity contribution in [2.75, 3.05) is 0 Å². The van der Waals surface area contributed by atoms with Gasteiger partial charge in [0.15, 0.2) is 5.96 Å². The minimum Gasteiger partial charge on any atom is -0.370 e. The van der Waals surface area contributed by atoms with Crippen molar-refractivity contribution in [1.29, 1.82) is 0 Å². The van der Waals surface area contributed by atoms with Crippen LogP contribution in [0.4, 0.5) is 5.69 Å². The van der Waals surface area contributed by atoms with Crippen molar-refractivity contribution in [2.24, 2.45) is 16.5 Å². The molecule has 0 saturated heterocycles. The molecule has 0 fully saturated rings. The lowest BCUT2D eigenvalue weighted by Crippen LogP contribution is -2.21. The predicted octanol–water partition coefficient (Wildman–Crippen LogP) is 2.97. The molecule has 0 aliphatic rings. The van der Waals surface area contributed by atoms with Crippen molar-refractivity contribution in [3.63, 3.8) is 0 Å². The lowest BCUT2D eigenvalue weighted by Gasteiger charge is -2.02. The van der Waals surface area contributed by atoms with Crippen LogP contribution in [0.5, 0.6) is 0 Å². The highest BCUT2D eigenvalue weighted by atomic mass is 35.5. The molecule has 4 N–H and O–H groups in total. The minimum atomic E-state index is -0.105. The van der Waals surface area contributed by atoms with Crippen molar-refractivity contribution in [3.8, 4) is 0 Å². The summed E-state index contributed by atoms with van der Waals surface area (Å²) in [4.78, 5) is 3.75. The van der Waals surface area contributed by atoms with E-state index in [2.05, 4.69) is 4.99 Å². The van der Waals surface area contributed by atoms with E-state index in [-0.39, 0.29) is 18.4 Å². The highest BCUT2D eigenvalue weighted by Crippen LogP contribution is 2.35.